The van der Waals surface area contributed by atoms with E-state index >= 15 is 0 Å². The predicted molar refractivity (Wildman–Crippen MR) is 60.5 cm³/mol. The van der Waals surface area contributed by atoms with Gasteiger partial charge in [0.05, 0.1) is 5.69 Å². The van der Waals surface area contributed by atoms with Gasteiger partial charge in [0.2, 0.25) is 5.88 Å². The van der Waals surface area contributed by atoms with Crippen LogP contribution >= 0.6 is 12.4 Å². The van der Waals surface area contributed by atoms with Crippen LogP contribution in [0, 0.1) is 6.92 Å². The molecular formula is C10H16ClN3O. The summed E-state index contributed by atoms with van der Waals surface area (Å²) in [6.07, 6.45) is 2.52. The van der Waals surface area contributed by atoms with Crippen LogP contribution in [-0.4, -0.2) is 29.4 Å². The first kappa shape index (κ1) is 12.2. The molecule has 1 aliphatic heterocycles. The van der Waals surface area contributed by atoms with E-state index in [-0.39, 0.29) is 18.5 Å². The molecule has 15 heavy (non-hydrogen) atoms. The van der Waals surface area contributed by atoms with Gasteiger partial charge in [0.1, 0.15) is 6.10 Å². The lowest BCUT2D eigenvalue weighted by Crippen LogP contribution is -2.37. The van der Waals surface area contributed by atoms with Crippen LogP contribution in [0.25, 0.3) is 0 Å². The van der Waals surface area contributed by atoms with Crippen molar-refractivity contribution in [2.75, 3.05) is 13.1 Å². The number of hydrogen-bond acceptors (Lipinski definition) is 4. The average molecular weight is 230 g/mol. The van der Waals surface area contributed by atoms with Gasteiger partial charge in [-0.3, -0.25) is 0 Å². The summed E-state index contributed by atoms with van der Waals surface area (Å²) in [5.74, 6) is 0.629. The first-order valence-corrected chi connectivity index (χ1v) is 5.02. The molecule has 0 spiro atoms. The second kappa shape index (κ2) is 5.88. The van der Waals surface area contributed by atoms with Gasteiger partial charge in [0, 0.05) is 12.6 Å². The van der Waals surface area contributed by atoms with Crippen LogP contribution in [0.3, 0.4) is 0 Å². The zero-order valence-corrected chi connectivity index (χ0v) is 9.59. The van der Waals surface area contributed by atoms with Crippen molar-refractivity contribution in [3.63, 3.8) is 0 Å². The molecule has 0 aliphatic carbocycles. The minimum Gasteiger partial charge on any atom is -0.472 e. The molecule has 1 N–H and O–H groups in total. The molecule has 1 saturated heterocycles. The van der Waals surface area contributed by atoms with Crippen molar-refractivity contribution in [2.45, 2.75) is 25.9 Å². The number of nitrogens with one attached hydrogen (secondary N) is 1. The highest BCUT2D eigenvalue weighted by atomic mass is 35.5. The molecule has 0 radical (unpaired) electrons. The summed E-state index contributed by atoms with van der Waals surface area (Å²) in [5, 5.41) is 11.2. The standard InChI is InChI=1S/C10H15N3O.ClH/c1-8-4-5-10(13-12-8)14-9-3-2-6-11-7-9;/h4-5,9,11H,2-3,6-7H2,1H3;1H/t9-;/m1./s1. The summed E-state index contributed by atoms with van der Waals surface area (Å²) in [4.78, 5) is 0. The van der Waals surface area contributed by atoms with Crippen molar-refractivity contribution >= 4 is 12.4 Å². The second-order valence-corrected chi connectivity index (χ2v) is 3.60. The van der Waals surface area contributed by atoms with Crippen molar-refractivity contribution in [3.8, 4) is 5.88 Å². The van der Waals surface area contributed by atoms with E-state index in [1.54, 1.807) is 0 Å². The quantitative estimate of drug-likeness (QED) is 0.832. The molecule has 5 heteroatoms. The molecule has 0 bridgehead atoms. The van der Waals surface area contributed by atoms with Crippen molar-refractivity contribution in [2.24, 2.45) is 0 Å². The van der Waals surface area contributed by atoms with Gasteiger partial charge in [-0.25, -0.2) is 0 Å². The van der Waals surface area contributed by atoms with Crippen LogP contribution in [-0.2, 0) is 0 Å². The van der Waals surface area contributed by atoms with E-state index in [0.717, 1.165) is 25.2 Å². The Labute approximate surface area is 95.8 Å². The molecule has 1 atom stereocenters. The van der Waals surface area contributed by atoms with Gasteiger partial charge >= 0.3 is 0 Å². The Balaban J connectivity index is 0.00000112. The van der Waals surface area contributed by atoms with Crippen LogP contribution in [0.4, 0.5) is 0 Å². The highest BCUT2D eigenvalue weighted by Gasteiger charge is 2.14. The average Bonchev–Trinajstić information content (AvgIpc) is 2.23. The molecule has 2 heterocycles. The highest BCUT2D eigenvalue weighted by Crippen LogP contribution is 2.11. The molecule has 84 valence electrons. The summed E-state index contributed by atoms with van der Waals surface area (Å²) in [7, 11) is 0. The Kier molecular flexibility index (Phi) is 4.78. The van der Waals surface area contributed by atoms with E-state index < -0.39 is 0 Å². The van der Waals surface area contributed by atoms with E-state index in [0.29, 0.717) is 5.88 Å². The fourth-order valence-electron chi connectivity index (χ4n) is 1.54. The normalized spacial score (nSPS) is 20.5. The highest BCUT2D eigenvalue weighted by molar-refractivity contribution is 5.85. The van der Waals surface area contributed by atoms with Crippen molar-refractivity contribution in [1.82, 2.24) is 15.5 Å². The van der Waals surface area contributed by atoms with Gasteiger partial charge < -0.3 is 10.1 Å². The lowest BCUT2D eigenvalue weighted by Gasteiger charge is -2.22. The van der Waals surface area contributed by atoms with E-state index in [2.05, 4.69) is 15.5 Å². The second-order valence-electron chi connectivity index (χ2n) is 3.60. The minimum absolute atomic E-state index is 0. The number of aromatic nitrogens is 2. The molecule has 0 amide bonds. The Hall–Kier alpha value is -0.870. The van der Waals surface area contributed by atoms with Gasteiger partial charge in [-0.2, -0.15) is 5.10 Å². The summed E-state index contributed by atoms with van der Waals surface area (Å²) >= 11 is 0. The fraction of sp³-hybridized carbons (Fsp3) is 0.600. The van der Waals surface area contributed by atoms with Gasteiger partial charge in [0.25, 0.3) is 0 Å². The van der Waals surface area contributed by atoms with Crippen LogP contribution in [0.1, 0.15) is 18.5 Å². The Bertz CT molecular complexity index is 285. The largest absolute Gasteiger partial charge is 0.472 e. The van der Waals surface area contributed by atoms with E-state index in [1.807, 2.05) is 19.1 Å². The topological polar surface area (TPSA) is 47.0 Å². The van der Waals surface area contributed by atoms with Gasteiger partial charge in [-0.05, 0) is 32.4 Å². The lowest BCUT2D eigenvalue weighted by molar-refractivity contribution is 0.159. The number of hydrogen-bond donors (Lipinski definition) is 1. The van der Waals surface area contributed by atoms with Gasteiger partial charge in [-0.15, -0.1) is 17.5 Å². The van der Waals surface area contributed by atoms with Gasteiger partial charge in [-0.1, -0.05) is 0 Å². The molecule has 0 unspecified atom stereocenters. The molecule has 0 aromatic carbocycles. The van der Waals surface area contributed by atoms with E-state index in [1.165, 1.54) is 6.42 Å². The summed E-state index contributed by atoms with van der Waals surface area (Å²) < 4.78 is 5.67. The number of aryl methyl sites for hydroxylation is 1. The van der Waals surface area contributed by atoms with Crippen LogP contribution in [0.5, 0.6) is 5.88 Å². The number of rotatable bonds is 2. The number of ether oxygens (including phenoxy) is 1. The maximum absolute atomic E-state index is 5.67. The molecule has 2 rings (SSSR count). The molecule has 4 nitrogen and oxygen atoms in total. The zero-order valence-electron chi connectivity index (χ0n) is 8.77. The third-order valence-electron chi connectivity index (χ3n) is 2.31. The summed E-state index contributed by atoms with van der Waals surface area (Å²) in [6.45, 7) is 3.92. The molecule has 1 aromatic heterocycles. The summed E-state index contributed by atoms with van der Waals surface area (Å²) in [6, 6.07) is 3.79. The third-order valence-corrected chi connectivity index (χ3v) is 2.31. The Morgan fingerprint density at radius 1 is 1.40 bits per heavy atom. The van der Waals surface area contributed by atoms with E-state index in [9.17, 15) is 0 Å². The fourth-order valence-corrected chi connectivity index (χ4v) is 1.54. The number of piperidine rings is 1. The molecular weight excluding hydrogens is 214 g/mol. The smallest absolute Gasteiger partial charge is 0.233 e. The van der Waals surface area contributed by atoms with Crippen LogP contribution in [0.2, 0.25) is 0 Å². The SMILES string of the molecule is Cc1ccc(O[C@@H]2CCCNC2)nn1.Cl. The molecule has 1 aromatic rings. The Morgan fingerprint density at radius 3 is 2.87 bits per heavy atom. The molecule has 0 saturated carbocycles. The van der Waals surface area contributed by atoms with Crippen LogP contribution < -0.4 is 10.1 Å². The third kappa shape index (κ3) is 3.64. The van der Waals surface area contributed by atoms with Crippen molar-refractivity contribution < 1.29 is 4.74 Å². The zero-order chi connectivity index (χ0) is 9.80. The van der Waals surface area contributed by atoms with E-state index in [4.69, 9.17) is 4.74 Å². The minimum atomic E-state index is 0. The predicted octanol–water partition coefficient (Wildman–Crippen LogP) is 1.34. The Morgan fingerprint density at radius 2 is 2.27 bits per heavy atom. The van der Waals surface area contributed by atoms with Crippen molar-refractivity contribution in [3.05, 3.63) is 17.8 Å². The van der Waals surface area contributed by atoms with Gasteiger partial charge in [0.15, 0.2) is 0 Å². The summed E-state index contributed by atoms with van der Waals surface area (Å²) in [5.41, 5.74) is 0.916. The van der Waals surface area contributed by atoms with Crippen LogP contribution in [0.15, 0.2) is 12.1 Å². The number of halogens is 1. The maximum Gasteiger partial charge on any atom is 0.233 e. The first-order valence-electron chi connectivity index (χ1n) is 5.02. The maximum atomic E-state index is 5.67. The molecule has 1 fully saturated rings. The molecule has 1 aliphatic rings. The number of nitrogens with zero attached hydrogens (tertiary/aromatic N) is 2. The van der Waals surface area contributed by atoms with Crippen molar-refractivity contribution in [1.29, 1.82) is 0 Å². The monoisotopic (exact) mass is 229 g/mol. The lowest BCUT2D eigenvalue weighted by atomic mass is 10.1. The first-order chi connectivity index (χ1) is 6.84.